The van der Waals surface area contributed by atoms with Gasteiger partial charge >= 0.3 is 0 Å². The predicted molar refractivity (Wildman–Crippen MR) is 106 cm³/mol. The Hall–Kier alpha value is -1.96. The molecule has 0 bridgehead atoms. The standard InChI is InChI=1S/C18H15ClN2O3S2/c19-11-3-5-12(6-4-11)25-7-1-2-17(22)21-18-20-13-8-14-15(24-10-23-14)9-16(13)26-18/h3-6,8-9H,1-2,7,10H2,(H,20,21,22). The number of fused-ring (bicyclic) bond motifs is 2. The zero-order valence-corrected chi connectivity index (χ0v) is 16.0. The molecule has 0 atom stereocenters. The maximum Gasteiger partial charge on any atom is 0.231 e. The smallest absolute Gasteiger partial charge is 0.231 e. The Morgan fingerprint density at radius 1 is 1.23 bits per heavy atom. The summed E-state index contributed by atoms with van der Waals surface area (Å²) in [7, 11) is 0. The maximum atomic E-state index is 12.1. The zero-order valence-electron chi connectivity index (χ0n) is 13.7. The second kappa shape index (κ2) is 7.73. The summed E-state index contributed by atoms with van der Waals surface area (Å²) in [5.41, 5.74) is 0.799. The van der Waals surface area contributed by atoms with Gasteiger partial charge in [0.25, 0.3) is 0 Å². The van der Waals surface area contributed by atoms with E-state index in [1.165, 1.54) is 11.3 Å². The molecule has 0 aliphatic carbocycles. The average molecular weight is 407 g/mol. The van der Waals surface area contributed by atoms with Gasteiger partial charge in [-0.1, -0.05) is 22.9 Å². The van der Waals surface area contributed by atoms with Crippen molar-refractivity contribution in [3.63, 3.8) is 0 Å². The SMILES string of the molecule is O=C(CCCSc1ccc(Cl)cc1)Nc1nc2cc3c(cc2s1)OCO3. The van der Waals surface area contributed by atoms with Crippen LogP contribution in [0.3, 0.4) is 0 Å². The van der Waals surface area contributed by atoms with Crippen LogP contribution >= 0.6 is 34.7 Å². The van der Waals surface area contributed by atoms with Gasteiger partial charge in [0, 0.05) is 28.5 Å². The Morgan fingerprint density at radius 2 is 2.00 bits per heavy atom. The normalized spacial score (nSPS) is 12.5. The van der Waals surface area contributed by atoms with Gasteiger partial charge in [-0.3, -0.25) is 4.79 Å². The Kier molecular flexibility index (Phi) is 5.19. The minimum Gasteiger partial charge on any atom is -0.454 e. The molecular formula is C18H15ClN2O3S2. The molecule has 0 saturated carbocycles. The Morgan fingerprint density at radius 3 is 2.81 bits per heavy atom. The van der Waals surface area contributed by atoms with E-state index < -0.39 is 0 Å². The molecule has 26 heavy (non-hydrogen) atoms. The molecule has 0 saturated heterocycles. The van der Waals surface area contributed by atoms with E-state index in [1.54, 1.807) is 11.8 Å². The van der Waals surface area contributed by atoms with Crippen LogP contribution in [0.1, 0.15) is 12.8 Å². The topological polar surface area (TPSA) is 60.5 Å². The minimum absolute atomic E-state index is 0.0270. The van der Waals surface area contributed by atoms with E-state index in [1.807, 2.05) is 36.4 Å². The number of hydrogen-bond donors (Lipinski definition) is 1. The third-order valence-electron chi connectivity index (χ3n) is 3.76. The Bertz CT molecular complexity index is 903. The highest BCUT2D eigenvalue weighted by Gasteiger charge is 2.17. The summed E-state index contributed by atoms with van der Waals surface area (Å²) < 4.78 is 11.7. The van der Waals surface area contributed by atoms with Crippen LogP contribution in [0, 0.1) is 0 Å². The number of carbonyl (C=O) groups is 1. The fourth-order valence-electron chi connectivity index (χ4n) is 2.51. The lowest BCUT2D eigenvalue weighted by Gasteiger charge is -2.02. The van der Waals surface area contributed by atoms with E-state index in [-0.39, 0.29) is 12.7 Å². The average Bonchev–Trinajstić information content (AvgIpc) is 3.23. The molecule has 134 valence electrons. The molecule has 4 rings (SSSR count). The quantitative estimate of drug-likeness (QED) is 0.451. The monoisotopic (exact) mass is 406 g/mol. The van der Waals surface area contributed by atoms with Crippen molar-refractivity contribution in [3.8, 4) is 11.5 Å². The van der Waals surface area contributed by atoms with Crippen LogP contribution < -0.4 is 14.8 Å². The molecule has 1 aliphatic rings. The first-order valence-electron chi connectivity index (χ1n) is 8.06. The van der Waals surface area contributed by atoms with Crippen molar-refractivity contribution < 1.29 is 14.3 Å². The van der Waals surface area contributed by atoms with Crippen molar-refractivity contribution in [2.45, 2.75) is 17.7 Å². The molecule has 5 nitrogen and oxygen atoms in total. The molecule has 0 spiro atoms. The number of thiazole rings is 1. The molecule has 1 amide bonds. The van der Waals surface area contributed by atoms with Crippen molar-refractivity contribution in [3.05, 3.63) is 41.4 Å². The van der Waals surface area contributed by atoms with Crippen LogP contribution in [0.4, 0.5) is 5.13 Å². The van der Waals surface area contributed by atoms with Crippen LogP contribution in [0.15, 0.2) is 41.3 Å². The van der Waals surface area contributed by atoms with Crippen LogP contribution in [-0.4, -0.2) is 23.4 Å². The highest BCUT2D eigenvalue weighted by atomic mass is 35.5. The van der Waals surface area contributed by atoms with Gasteiger partial charge in [0.2, 0.25) is 12.7 Å². The lowest BCUT2D eigenvalue weighted by molar-refractivity contribution is -0.116. The molecule has 3 aromatic rings. The summed E-state index contributed by atoms with van der Waals surface area (Å²) in [6.45, 7) is 0.240. The number of halogens is 1. The van der Waals surface area contributed by atoms with Gasteiger partial charge in [-0.15, -0.1) is 11.8 Å². The fourth-order valence-corrected chi connectivity index (χ4v) is 4.38. The van der Waals surface area contributed by atoms with E-state index in [9.17, 15) is 4.79 Å². The lowest BCUT2D eigenvalue weighted by Crippen LogP contribution is -2.11. The minimum atomic E-state index is -0.0270. The van der Waals surface area contributed by atoms with Gasteiger partial charge in [-0.25, -0.2) is 4.98 Å². The summed E-state index contributed by atoms with van der Waals surface area (Å²) in [5.74, 6) is 2.26. The lowest BCUT2D eigenvalue weighted by atomic mass is 10.3. The highest BCUT2D eigenvalue weighted by molar-refractivity contribution is 7.99. The third-order valence-corrected chi connectivity index (χ3v) is 6.04. The number of carbonyl (C=O) groups excluding carboxylic acids is 1. The predicted octanol–water partition coefficient (Wildman–Crippen LogP) is 5.19. The molecular weight excluding hydrogens is 392 g/mol. The van der Waals surface area contributed by atoms with Crippen LogP contribution in [0.5, 0.6) is 11.5 Å². The summed E-state index contributed by atoms with van der Waals surface area (Å²) in [6, 6.07) is 11.4. The van der Waals surface area contributed by atoms with E-state index >= 15 is 0 Å². The molecule has 0 unspecified atom stereocenters. The Balaban J connectivity index is 1.28. The van der Waals surface area contributed by atoms with Crippen molar-refractivity contribution in [2.75, 3.05) is 17.9 Å². The van der Waals surface area contributed by atoms with Crippen molar-refractivity contribution in [1.29, 1.82) is 0 Å². The van der Waals surface area contributed by atoms with Crippen molar-refractivity contribution in [2.24, 2.45) is 0 Å². The second-order valence-electron chi connectivity index (χ2n) is 5.65. The molecule has 0 fully saturated rings. The van der Waals surface area contributed by atoms with Crippen LogP contribution in [0.25, 0.3) is 10.2 Å². The third kappa shape index (κ3) is 4.06. The summed E-state index contributed by atoms with van der Waals surface area (Å²) in [6.07, 6.45) is 1.25. The number of ether oxygens (including phenoxy) is 2. The first-order valence-corrected chi connectivity index (χ1v) is 10.2. The fraction of sp³-hybridized carbons (Fsp3) is 0.222. The van der Waals surface area contributed by atoms with Gasteiger partial charge in [0.1, 0.15) is 0 Å². The van der Waals surface area contributed by atoms with Gasteiger partial charge in [0.05, 0.1) is 10.2 Å². The summed E-state index contributed by atoms with van der Waals surface area (Å²) in [4.78, 5) is 17.7. The van der Waals surface area contributed by atoms with Gasteiger partial charge in [-0.2, -0.15) is 0 Å². The summed E-state index contributed by atoms with van der Waals surface area (Å²) >= 11 is 9.02. The molecule has 1 N–H and O–H groups in total. The molecule has 2 heterocycles. The van der Waals surface area contributed by atoms with E-state index in [4.69, 9.17) is 21.1 Å². The van der Waals surface area contributed by atoms with Gasteiger partial charge in [-0.05, 0) is 36.4 Å². The number of nitrogens with one attached hydrogen (secondary N) is 1. The van der Waals surface area contributed by atoms with Crippen LogP contribution in [0.2, 0.25) is 5.02 Å². The number of amides is 1. The first kappa shape index (κ1) is 17.5. The first-order chi connectivity index (χ1) is 12.7. The Labute approximate surface area is 163 Å². The second-order valence-corrected chi connectivity index (χ2v) is 8.28. The van der Waals surface area contributed by atoms with Gasteiger partial charge in [0.15, 0.2) is 16.6 Å². The zero-order chi connectivity index (χ0) is 17.9. The van der Waals surface area contributed by atoms with Crippen molar-refractivity contribution in [1.82, 2.24) is 4.98 Å². The number of thioether (sulfide) groups is 1. The molecule has 2 aromatic carbocycles. The van der Waals surface area contributed by atoms with Crippen molar-refractivity contribution >= 4 is 56.0 Å². The van der Waals surface area contributed by atoms with E-state index in [0.717, 1.165) is 38.1 Å². The largest absolute Gasteiger partial charge is 0.454 e. The molecule has 1 aliphatic heterocycles. The van der Waals surface area contributed by atoms with E-state index in [2.05, 4.69) is 10.3 Å². The molecule has 1 aromatic heterocycles. The number of hydrogen-bond acceptors (Lipinski definition) is 6. The molecule has 8 heteroatoms. The number of anilines is 1. The number of benzene rings is 2. The summed E-state index contributed by atoms with van der Waals surface area (Å²) in [5, 5.41) is 4.20. The number of nitrogens with zero attached hydrogens (tertiary/aromatic N) is 1. The number of aromatic nitrogens is 1. The maximum absolute atomic E-state index is 12.1. The van der Waals surface area contributed by atoms with Crippen LogP contribution in [-0.2, 0) is 4.79 Å². The number of rotatable bonds is 6. The van der Waals surface area contributed by atoms with E-state index in [0.29, 0.717) is 17.3 Å². The highest BCUT2D eigenvalue weighted by Crippen LogP contribution is 2.39. The molecule has 0 radical (unpaired) electrons. The van der Waals surface area contributed by atoms with Gasteiger partial charge < -0.3 is 14.8 Å².